The molecule has 0 aromatic heterocycles. The molecule has 0 radical (unpaired) electrons. The van der Waals surface area contributed by atoms with Crippen molar-refractivity contribution >= 4 is 5.91 Å². The zero-order valence-electron chi connectivity index (χ0n) is 7.63. The largest absolute Gasteiger partial charge is 0.275 e. The second-order valence-corrected chi connectivity index (χ2v) is 3.54. The maximum absolute atomic E-state index is 13.0. The standard InChI is InChI=1S/C8H14FNO2/c1-8(9)4-6(5-8)7(11)10(2)12-3/h6H,4-5H2,1-3H3. The van der Waals surface area contributed by atoms with Crippen LogP contribution in [0.4, 0.5) is 4.39 Å². The molecular formula is C8H14FNO2. The zero-order chi connectivity index (χ0) is 9.35. The summed E-state index contributed by atoms with van der Waals surface area (Å²) in [6.45, 7) is 1.52. The maximum atomic E-state index is 13.0. The van der Waals surface area contributed by atoms with Gasteiger partial charge in [-0.3, -0.25) is 9.63 Å². The molecule has 0 unspecified atom stereocenters. The Labute approximate surface area is 71.4 Å². The van der Waals surface area contributed by atoms with Gasteiger partial charge in [-0.25, -0.2) is 9.45 Å². The highest BCUT2D eigenvalue weighted by Crippen LogP contribution is 2.41. The third-order valence-corrected chi connectivity index (χ3v) is 2.28. The van der Waals surface area contributed by atoms with Gasteiger partial charge in [0.25, 0.3) is 0 Å². The molecule has 1 rings (SSSR count). The third kappa shape index (κ3) is 1.75. The first kappa shape index (κ1) is 9.45. The number of alkyl halides is 1. The van der Waals surface area contributed by atoms with Crippen molar-refractivity contribution in [2.24, 2.45) is 5.92 Å². The second kappa shape index (κ2) is 3.01. The number of hydrogen-bond donors (Lipinski definition) is 0. The molecule has 1 aliphatic carbocycles. The minimum absolute atomic E-state index is 0.132. The first-order chi connectivity index (χ1) is 5.46. The quantitative estimate of drug-likeness (QED) is 0.589. The molecule has 0 aromatic rings. The Morgan fingerprint density at radius 2 is 2.17 bits per heavy atom. The van der Waals surface area contributed by atoms with E-state index >= 15 is 0 Å². The summed E-state index contributed by atoms with van der Waals surface area (Å²) in [6, 6.07) is 0. The summed E-state index contributed by atoms with van der Waals surface area (Å²) in [7, 11) is 2.96. The highest BCUT2D eigenvalue weighted by atomic mass is 19.1. The Hall–Kier alpha value is -0.640. The Bertz CT molecular complexity index is 185. The summed E-state index contributed by atoms with van der Waals surface area (Å²) >= 11 is 0. The van der Waals surface area contributed by atoms with Gasteiger partial charge in [-0.15, -0.1) is 0 Å². The van der Waals surface area contributed by atoms with E-state index in [-0.39, 0.29) is 11.8 Å². The van der Waals surface area contributed by atoms with Crippen molar-refractivity contribution in [2.45, 2.75) is 25.4 Å². The minimum Gasteiger partial charge on any atom is -0.275 e. The summed E-state index contributed by atoms with van der Waals surface area (Å²) in [5, 5.41) is 1.15. The fourth-order valence-electron chi connectivity index (χ4n) is 1.49. The van der Waals surface area contributed by atoms with Gasteiger partial charge in [0, 0.05) is 13.0 Å². The lowest BCUT2D eigenvalue weighted by Gasteiger charge is -2.38. The highest BCUT2D eigenvalue weighted by Gasteiger charge is 2.45. The van der Waals surface area contributed by atoms with Crippen molar-refractivity contribution in [3.8, 4) is 0 Å². The van der Waals surface area contributed by atoms with Gasteiger partial charge >= 0.3 is 0 Å². The van der Waals surface area contributed by atoms with Crippen molar-refractivity contribution in [1.82, 2.24) is 5.06 Å². The molecule has 70 valence electrons. The van der Waals surface area contributed by atoms with Crippen molar-refractivity contribution in [3.63, 3.8) is 0 Å². The van der Waals surface area contributed by atoms with Gasteiger partial charge in [0.1, 0.15) is 5.67 Å². The van der Waals surface area contributed by atoms with Gasteiger partial charge in [-0.2, -0.15) is 0 Å². The fourth-order valence-corrected chi connectivity index (χ4v) is 1.49. The molecule has 1 amide bonds. The molecule has 1 saturated carbocycles. The predicted molar refractivity (Wildman–Crippen MR) is 42.0 cm³/mol. The lowest BCUT2D eigenvalue weighted by atomic mass is 9.73. The van der Waals surface area contributed by atoms with Crippen molar-refractivity contribution < 1.29 is 14.0 Å². The molecule has 0 aliphatic heterocycles. The van der Waals surface area contributed by atoms with Gasteiger partial charge < -0.3 is 0 Å². The lowest BCUT2D eigenvalue weighted by Crippen LogP contribution is -2.45. The summed E-state index contributed by atoms with van der Waals surface area (Å²) < 4.78 is 13.0. The van der Waals surface area contributed by atoms with E-state index in [1.54, 1.807) is 0 Å². The molecule has 0 heterocycles. The fraction of sp³-hybridized carbons (Fsp3) is 0.875. The zero-order valence-corrected chi connectivity index (χ0v) is 7.63. The lowest BCUT2D eigenvalue weighted by molar-refractivity contribution is -0.181. The van der Waals surface area contributed by atoms with E-state index in [4.69, 9.17) is 4.84 Å². The van der Waals surface area contributed by atoms with E-state index in [9.17, 15) is 9.18 Å². The number of halogens is 1. The summed E-state index contributed by atoms with van der Waals surface area (Å²) in [5.74, 6) is -0.322. The molecule has 0 aromatic carbocycles. The number of hydroxylamine groups is 2. The number of nitrogens with zero attached hydrogens (tertiary/aromatic N) is 1. The average molecular weight is 175 g/mol. The van der Waals surface area contributed by atoms with Gasteiger partial charge in [-0.05, 0) is 19.8 Å². The summed E-state index contributed by atoms with van der Waals surface area (Å²) in [6.07, 6.45) is 0.638. The van der Waals surface area contributed by atoms with Gasteiger partial charge in [0.2, 0.25) is 5.91 Å². The topological polar surface area (TPSA) is 29.5 Å². The van der Waals surface area contributed by atoms with Gasteiger partial charge in [-0.1, -0.05) is 0 Å². The number of amides is 1. The van der Waals surface area contributed by atoms with E-state index in [1.165, 1.54) is 21.1 Å². The van der Waals surface area contributed by atoms with E-state index in [0.717, 1.165) is 5.06 Å². The molecule has 1 fully saturated rings. The van der Waals surface area contributed by atoms with Crippen LogP contribution < -0.4 is 0 Å². The van der Waals surface area contributed by atoms with E-state index < -0.39 is 5.67 Å². The smallest absolute Gasteiger partial charge is 0.249 e. The van der Waals surface area contributed by atoms with Gasteiger partial charge in [0.15, 0.2) is 0 Å². The van der Waals surface area contributed by atoms with Crippen LogP contribution in [0, 0.1) is 5.92 Å². The summed E-state index contributed by atoms with van der Waals surface area (Å²) in [5.41, 5.74) is -1.14. The molecule has 0 N–H and O–H groups in total. The maximum Gasteiger partial charge on any atom is 0.249 e. The average Bonchev–Trinajstić information content (AvgIpc) is 1.97. The van der Waals surface area contributed by atoms with Crippen molar-refractivity contribution in [2.75, 3.05) is 14.2 Å². The normalized spacial score (nSPS) is 34.2. The molecule has 0 spiro atoms. The second-order valence-electron chi connectivity index (χ2n) is 3.54. The van der Waals surface area contributed by atoms with Crippen molar-refractivity contribution in [3.05, 3.63) is 0 Å². The Morgan fingerprint density at radius 3 is 2.50 bits per heavy atom. The van der Waals surface area contributed by atoms with Crippen LogP contribution in [0.2, 0.25) is 0 Å². The number of carbonyl (C=O) groups is 1. The molecule has 1 aliphatic rings. The van der Waals surface area contributed by atoms with Crippen LogP contribution in [-0.4, -0.2) is 30.8 Å². The highest BCUT2D eigenvalue weighted by molar-refractivity contribution is 5.78. The van der Waals surface area contributed by atoms with E-state index in [1.807, 2.05) is 0 Å². The van der Waals surface area contributed by atoms with Crippen molar-refractivity contribution in [1.29, 1.82) is 0 Å². The number of carbonyl (C=O) groups excluding carboxylic acids is 1. The number of rotatable bonds is 2. The van der Waals surface area contributed by atoms with Crippen LogP contribution in [0.5, 0.6) is 0 Å². The Balaban J connectivity index is 2.38. The third-order valence-electron chi connectivity index (χ3n) is 2.28. The molecular weight excluding hydrogens is 161 g/mol. The molecule has 0 saturated heterocycles. The molecule has 0 atom stereocenters. The Morgan fingerprint density at radius 1 is 1.67 bits per heavy atom. The molecule has 0 bridgehead atoms. The summed E-state index contributed by atoms with van der Waals surface area (Å²) in [4.78, 5) is 16.0. The van der Waals surface area contributed by atoms with E-state index in [2.05, 4.69) is 0 Å². The van der Waals surface area contributed by atoms with Crippen LogP contribution in [0.1, 0.15) is 19.8 Å². The SMILES string of the molecule is CON(C)C(=O)C1CC(C)(F)C1. The molecule has 4 heteroatoms. The first-order valence-electron chi connectivity index (χ1n) is 3.97. The van der Waals surface area contributed by atoms with Crippen LogP contribution in [0.25, 0.3) is 0 Å². The van der Waals surface area contributed by atoms with Crippen LogP contribution >= 0.6 is 0 Å². The molecule has 12 heavy (non-hydrogen) atoms. The number of hydrogen-bond acceptors (Lipinski definition) is 2. The first-order valence-corrected chi connectivity index (χ1v) is 3.97. The molecule has 3 nitrogen and oxygen atoms in total. The van der Waals surface area contributed by atoms with Crippen LogP contribution in [0.15, 0.2) is 0 Å². The van der Waals surface area contributed by atoms with Crippen LogP contribution in [-0.2, 0) is 9.63 Å². The Kier molecular flexibility index (Phi) is 2.37. The van der Waals surface area contributed by atoms with Gasteiger partial charge in [0.05, 0.1) is 7.11 Å². The predicted octanol–water partition coefficient (Wildman–Crippen LogP) is 1.14. The monoisotopic (exact) mass is 175 g/mol. The minimum atomic E-state index is -1.14. The van der Waals surface area contributed by atoms with E-state index in [0.29, 0.717) is 12.8 Å². The van der Waals surface area contributed by atoms with Crippen LogP contribution in [0.3, 0.4) is 0 Å².